The molecule has 0 amide bonds. The van der Waals surface area contributed by atoms with Crippen molar-refractivity contribution in [3.05, 3.63) is 60.9 Å². The molecule has 5 rings (SSSR count). The van der Waals surface area contributed by atoms with Crippen molar-refractivity contribution < 1.29 is 12.8 Å². The first-order valence-corrected chi connectivity index (χ1v) is 9.95. The molecule has 3 heterocycles. The number of rotatable bonds is 5. The Bertz CT molecular complexity index is 1210. The summed E-state index contributed by atoms with van der Waals surface area (Å²) in [5.74, 6) is 1.39. The van der Waals surface area contributed by atoms with E-state index in [0.717, 1.165) is 24.1 Å². The van der Waals surface area contributed by atoms with Gasteiger partial charge < -0.3 is 4.42 Å². The van der Waals surface area contributed by atoms with Crippen LogP contribution in [0.25, 0.3) is 17.0 Å². The van der Waals surface area contributed by atoms with Crippen LogP contribution in [0, 0.1) is 0 Å². The molecule has 1 aliphatic carbocycles. The minimum Gasteiger partial charge on any atom is -0.444 e. The van der Waals surface area contributed by atoms with Gasteiger partial charge in [-0.05, 0) is 43.2 Å². The van der Waals surface area contributed by atoms with E-state index in [1.165, 1.54) is 23.0 Å². The first-order valence-electron chi connectivity index (χ1n) is 8.47. The van der Waals surface area contributed by atoms with Gasteiger partial charge in [-0.2, -0.15) is 9.61 Å². The van der Waals surface area contributed by atoms with Gasteiger partial charge in [-0.25, -0.2) is 18.4 Å². The molecule has 4 aromatic rings. The van der Waals surface area contributed by atoms with Crippen LogP contribution in [0.3, 0.4) is 0 Å². The number of hydrogen-bond donors (Lipinski definition) is 1. The zero-order chi connectivity index (χ0) is 18.4. The highest BCUT2D eigenvalue weighted by molar-refractivity contribution is 7.92. The number of fused-ring (bicyclic) bond motifs is 1. The van der Waals surface area contributed by atoms with Crippen LogP contribution in [0.5, 0.6) is 0 Å². The molecular weight excluding hydrogens is 366 g/mol. The van der Waals surface area contributed by atoms with Gasteiger partial charge >= 0.3 is 0 Å². The van der Waals surface area contributed by atoms with Gasteiger partial charge in [0.2, 0.25) is 0 Å². The van der Waals surface area contributed by atoms with Crippen LogP contribution in [-0.4, -0.2) is 28.0 Å². The third-order valence-corrected chi connectivity index (χ3v) is 5.86. The molecule has 1 aromatic carbocycles. The molecular formula is C18H15N5O3S. The van der Waals surface area contributed by atoms with Crippen molar-refractivity contribution in [2.24, 2.45) is 0 Å². The number of hydrogen-bond acceptors (Lipinski definition) is 6. The number of aromatic nitrogens is 4. The number of nitrogens with one attached hydrogen (secondary N) is 1. The third kappa shape index (κ3) is 2.95. The molecule has 1 N–H and O–H groups in total. The Morgan fingerprint density at radius 3 is 2.67 bits per heavy atom. The normalized spacial score (nSPS) is 14.5. The summed E-state index contributed by atoms with van der Waals surface area (Å²) in [5.41, 5.74) is 2.32. The van der Waals surface area contributed by atoms with E-state index in [2.05, 4.69) is 19.8 Å². The summed E-state index contributed by atoms with van der Waals surface area (Å²) in [4.78, 5) is 8.27. The predicted molar refractivity (Wildman–Crippen MR) is 97.7 cm³/mol. The molecule has 0 aliphatic heterocycles. The third-order valence-electron chi connectivity index (χ3n) is 4.49. The average molecular weight is 381 g/mol. The zero-order valence-electron chi connectivity index (χ0n) is 14.1. The van der Waals surface area contributed by atoms with E-state index in [0.29, 0.717) is 23.1 Å². The van der Waals surface area contributed by atoms with Crippen molar-refractivity contribution in [3.63, 3.8) is 0 Å². The van der Waals surface area contributed by atoms with E-state index >= 15 is 0 Å². The summed E-state index contributed by atoms with van der Waals surface area (Å²) in [6, 6.07) is 9.90. The minimum atomic E-state index is -3.77. The van der Waals surface area contributed by atoms with Crippen molar-refractivity contribution in [1.82, 2.24) is 19.6 Å². The zero-order valence-corrected chi connectivity index (χ0v) is 14.9. The molecule has 0 saturated heterocycles. The Balaban J connectivity index is 1.46. The molecule has 0 radical (unpaired) electrons. The number of oxazole rings is 1. The fourth-order valence-electron chi connectivity index (χ4n) is 2.92. The lowest BCUT2D eigenvalue weighted by Crippen LogP contribution is -2.15. The smallest absolute Gasteiger partial charge is 0.263 e. The highest BCUT2D eigenvalue weighted by Crippen LogP contribution is 2.39. The molecule has 0 spiro atoms. The second kappa shape index (κ2) is 5.92. The Morgan fingerprint density at radius 2 is 1.96 bits per heavy atom. The fourth-order valence-corrected chi connectivity index (χ4v) is 3.96. The SMILES string of the molecule is O=S(=O)(Nc1ccnc2cc(C3CC3)nn12)c1ccc(-c2cnco2)cc1. The van der Waals surface area contributed by atoms with Crippen molar-refractivity contribution in [2.75, 3.05) is 4.72 Å². The standard InChI is InChI=1S/C18H15N5O3S/c24-27(25,14-5-3-13(4-6-14)16-10-19-11-26-16)22-17-7-8-20-18-9-15(12-1-2-12)21-23(17)18/h3-12,22H,1-2H2. The lowest BCUT2D eigenvalue weighted by Gasteiger charge is -2.09. The number of sulfonamides is 1. The summed E-state index contributed by atoms with van der Waals surface area (Å²) in [6.07, 6.45) is 6.70. The predicted octanol–water partition coefficient (Wildman–Crippen LogP) is 3.06. The fraction of sp³-hybridized carbons (Fsp3) is 0.167. The first kappa shape index (κ1) is 16.0. The van der Waals surface area contributed by atoms with Gasteiger partial charge in [-0.1, -0.05) is 0 Å². The second-order valence-electron chi connectivity index (χ2n) is 6.44. The van der Waals surface area contributed by atoms with Gasteiger partial charge in [-0.15, -0.1) is 0 Å². The van der Waals surface area contributed by atoms with Gasteiger partial charge in [0.05, 0.1) is 16.8 Å². The van der Waals surface area contributed by atoms with Gasteiger partial charge in [0.1, 0.15) is 5.82 Å². The molecule has 0 unspecified atom stereocenters. The molecule has 9 heteroatoms. The molecule has 1 fully saturated rings. The molecule has 3 aromatic heterocycles. The largest absolute Gasteiger partial charge is 0.444 e. The average Bonchev–Trinajstić information content (AvgIpc) is 3.19. The Kier molecular flexibility index (Phi) is 3.51. The quantitative estimate of drug-likeness (QED) is 0.570. The maximum Gasteiger partial charge on any atom is 0.263 e. The maximum atomic E-state index is 12.8. The van der Waals surface area contributed by atoms with Crippen molar-refractivity contribution >= 4 is 21.5 Å². The lowest BCUT2D eigenvalue weighted by atomic mass is 10.2. The van der Waals surface area contributed by atoms with Crippen LogP contribution in [-0.2, 0) is 10.0 Å². The summed E-state index contributed by atoms with van der Waals surface area (Å²) < 4.78 is 34.9. The van der Waals surface area contributed by atoms with Crippen molar-refractivity contribution in [3.8, 4) is 11.3 Å². The van der Waals surface area contributed by atoms with Crippen molar-refractivity contribution in [2.45, 2.75) is 23.7 Å². The van der Waals surface area contributed by atoms with Gasteiger partial charge in [0.25, 0.3) is 10.0 Å². The Hall–Kier alpha value is -3.20. The molecule has 27 heavy (non-hydrogen) atoms. The second-order valence-corrected chi connectivity index (χ2v) is 8.12. The Morgan fingerprint density at radius 1 is 1.15 bits per heavy atom. The molecule has 0 bridgehead atoms. The van der Waals surface area contributed by atoms with Crippen LogP contribution >= 0.6 is 0 Å². The molecule has 1 aliphatic rings. The summed E-state index contributed by atoms with van der Waals surface area (Å²) in [6.45, 7) is 0. The summed E-state index contributed by atoms with van der Waals surface area (Å²) >= 11 is 0. The molecule has 136 valence electrons. The van der Waals surface area contributed by atoms with E-state index in [4.69, 9.17) is 4.42 Å². The van der Waals surface area contributed by atoms with E-state index < -0.39 is 10.0 Å². The van der Waals surface area contributed by atoms with Crippen LogP contribution in [0.2, 0.25) is 0 Å². The number of benzene rings is 1. The van der Waals surface area contributed by atoms with Gasteiger partial charge in [0, 0.05) is 23.7 Å². The molecule has 1 saturated carbocycles. The van der Waals surface area contributed by atoms with Gasteiger partial charge in [-0.3, -0.25) is 4.72 Å². The van der Waals surface area contributed by atoms with E-state index in [9.17, 15) is 8.42 Å². The first-order chi connectivity index (χ1) is 13.1. The van der Waals surface area contributed by atoms with Crippen LogP contribution < -0.4 is 4.72 Å². The summed E-state index contributed by atoms with van der Waals surface area (Å²) in [7, 11) is -3.77. The van der Waals surface area contributed by atoms with E-state index in [1.54, 1.807) is 30.6 Å². The van der Waals surface area contributed by atoms with Gasteiger partial charge in [0.15, 0.2) is 17.8 Å². The molecule has 8 nitrogen and oxygen atoms in total. The van der Waals surface area contributed by atoms with E-state index in [1.807, 2.05) is 6.07 Å². The maximum absolute atomic E-state index is 12.8. The number of anilines is 1. The topological polar surface area (TPSA) is 102 Å². The van der Waals surface area contributed by atoms with E-state index in [-0.39, 0.29) is 4.90 Å². The minimum absolute atomic E-state index is 0.144. The highest BCUT2D eigenvalue weighted by Gasteiger charge is 2.27. The molecule has 0 atom stereocenters. The Labute approximate surface area is 154 Å². The number of nitrogens with zero attached hydrogens (tertiary/aromatic N) is 4. The summed E-state index contributed by atoms with van der Waals surface area (Å²) in [5, 5.41) is 4.51. The highest BCUT2D eigenvalue weighted by atomic mass is 32.2. The van der Waals surface area contributed by atoms with Crippen LogP contribution in [0.1, 0.15) is 24.5 Å². The van der Waals surface area contributed by atoms with Crippen LogP contribution in [0.15, 0.2) is 64.5 Å². The van der Waals surface area contributed by atoms with Crippen molar-refractivity contribution in [1.29, 1.82) is 0 Å². The lowest BCUT2D eigenvalue weighted by molar-refractivity contribution is 0.572. The van der Waals surface area contributed by atoms with Crippen LogP contribution in [0.4, 0.5) is 5.82 Å². The monoisotopic (exact) mass is 381 g/mol.